The van der Waals surface area contributed by atoms with Crippen LogP contribution in [0.15, 0.2) is 48.5 Å². The van der Waals surface area contributed by atoms with E-state index >= 15 is 0 Å². The van der Waals surface area contributed by atoms with E-state index in [0.717, 1.165) is 22.3 Å². The van der Waals surface area contributed by atoms with Gasteiger partial charge in [-0.2, -0.15) is 0 Å². The lowest BCUT2D eigenvalue weighted by molar-refractivity contribution is 1.19. The molecule has 0 saturated heterocycles. The fourth-order valence-corrected chi connectivity index (χ4v) is 7.01. The van der Waals surface area contributed by atoms with Crippen molar-refractivity contribution in [3.8, 4) is 45.6 Å². The minimum atomic E-state index is 0.343. The second-order valence-corrected chi connectivity index (χ2v) is 14.0. The molecule has 4 aromatic carbocycles. The number of benzene rings is 4. The Hall–Kier alpha value is -4.02. The smallest absolute Gasteiger partial charge is 0.164 e. The zero-order chi connectivity index (χ0) is 33.2. The van der Waals surface area contributed by atoms with Gasteiger partial charge in [-0.15, -0.1) is 0 Å². The average Bonchev–Trinajstić information content (AvgIpc) is 3.74. The lowest BCUT2D eigenvalue weighted by Crippen LogP contribution is -1.87. The Morgan fingerprint density at radius 2 is 0.604 bits per heavy atom. The van der Waals surface area contributed by atoms with E-state index in [2.05, 4.69) is 22.1 Å². The highest BCUT2D eigenvalue weighted by atomic mass is 35.5. The molecule has 0 amide bonds. The SMILES string of the molecule is Cc1cc2c(cc1C)-c1nc-2nc2[nH]c(nc3nc(nc4[nH]c(n1)c1cc(Cl)c(Cl)cc41)-c1cc(Cl)c(Cl)cc1-3)c1cc(Cl)c(Cl)cc21. The first-order valence-electron chi connectivity index (χ1n) is 14.4. The maximum Gasteiger partial charge on any atom is 0.164 e. The summed E-state index contributed by atoms with van der Waals surface area (Å²) in [6, 6.07) is 14.5. The summed E-state index contributed by atoms with van der Waals surface area (Å²) in [5, 5.41) is 4.89. The molecule has 7 aromatic rings. The molecule has 3 aromatic heterocycles. The van der Waals surface area contributed by atoms with E-state index in [1.807, 2.05) is 13.8 Å². The number of hydrogen-bond acceptors (Lipinski definition) is 6. The summed E-state index contributed by atoms with van der Waals surface area (Å²) in [7, 11) is 0. The van der Waals surface area contributed by atoms with Gasteiger partial charge in [0, 0.05) is 43.8 Å². The van der Waals surface area contributed by atoms with Gasteiger partial charge in [0.05, 0.1) is 30.1 Å². The van der Waals surface area contributed by atoms with Gasteiger partial charge < -0.3 is 9.97 Å². The van der Waals surface area contributed by atoms with Crippen LogP contribution in [0.25, 0.3) is 89.7 Å². The summed E-state index contributed by atoms with van der Waals surface area (Å²) in [5.74, 6) is 1.62. The highest BCUT2D eigenvalue weighted by Crippen LogP contribution is 2.42. The predicted octanol–water partition coefficient (Wildman–Crippen LogP) is 11.4. The van der Waals surface area contributed by atoms with Crippen LogP contribution in [0.4, 0.5) is 0 Å². The van der Waals surface area contributed by atoms with Crippen LogP contribution in [0.1, 0.15) is 11.1 Å². The summed E-state index contributed by atoms with van der Waals surface area (Å²) in [6.07, 6.45) is 0. The van der Waals surface area contributed by atoms with Crippen LogP contribution in [-0.2, 0) is 0 Å². The summed E-state index contributed by atoms with van der Waals surface area (Å²) in [5.41, 5.74) is 6.95. The number of halogens is 6. The molecule has 0 fully saturated rings. The molecule has 0 unspecified atom stereocenters. The minimum absolute atomic E-state index is 0.343. The van der Waals surface area contributed by atoms with Gasteiger partial charge in [0.2, 0.25) is 0 Å². The van der Waals surface area contributed by atoms with Crippen molar-refractivity contribution >= 4 is 114 Å². The molecule has 234 valence electrons. The molecule has 0 radical (unpaired) electrons. The lowest BCUT2D eigenvalue weighted by atomic mass is 10.0. The largest absolute Gasteiger partial charge is 0.324 e. The number of nitrogens with zero attached hydrogens (tertiary/aromatic N) is 6. The number of hydrogen-bond donors (Lipinski definition) is 2. The molecule has 2 N–H and O–H groups in total. The van der Waals surface area contributed by atoms with Gasteiger partial charge in [-0.25, -0.2) is 29.9 Å². The summed E-state index contributed by atoms with van der Waals surface area (Å²) in [4.78, 5) is 36.5. The molecule has 2 aliphatic heterocycles. The average molecular weight is 749 g/mol. The molecule has 0 atom stereocenters. The third kappa shape index (κ3) is 4.59. The van der Waals surface area contributed by atoms with Crippen LogP contribution >= 0.6 is 69.6 Å². The van der Waals surface area contributed by atoms with E-state index in [0.29, 0.717) is 109 Å². The maximum atomic E-state index is 6.52. The van der Waals surface area contributed by atoms with E-state index in [9.17, 15) is 0 Å². The number of aryl methyl sites for hydroxylation is 2. The van der Waals surface area contributed by atoms with Crippen LogP contribution in [0, 0.1) is 13.8 Å². The topological polar surface area (TPSA) is 109 Å². The molecule has 0 spiro atoms. The molecule has 8 bridgehead atoms. The van der Waals surface area contributed by atoms with Crippen molar-refractivity contribution in [2.75, 3.05) is 0 Å². The Labute approximate surface area is 301 Å². The molecular weight excluding hydrogens is 733 g/mol. The van der Waals surface area contributed by atoms with Crippen molar-refractivity contribution in [2.45, 2.75) is 13.8 Å². The van der Waals surface area contributed by atoms with Gasteiger partial charge in [-0.3, -0.25) is 0 Å². The van der Waals surface area contributed by atoms with Crippen molar-refractivity contribution in [1.29, 1.82) is 0 Å². The molecule has 0 aliphatic carbocycles. The molecule has 0 saturated carbocycles. The second-order valence-electron chi connectivity index (χ2n) is 11.5. The Bertz CT molecular complexity index is 2420. The zero-order valence-electron chi connectivity index (χ0n) is 24.6. The van der Waals surface area contributed by atoms with Gasteiger partial charge in [0.15, 0.2) is 23.3 Å². The van der Waals surface area contributed by atoms with E-state index in [-0.39, 0.29) is 0 Å². The standard InChI is InChI=1S/C34H16Cl6N8/c1-11-3-13-14(4-12(11)2)28-41-27(13)42-29-15-5-21(35)23(37)7-17(15)31(44-29)46-33-19-9-25(39)26(40)10-20(19)34(48-33)47-32-18-8-24(38)22(36)6-16(18)30(43-28)45-32/h3-10H,1-2H3,(H2,41,42,43,44,45,46,47,48). The van der Waals surface area contributed by atoms with Crippen molar-refractivity contribution in [2.24, 2.45) is 0 Å². The Balaban J connectivity index is 1.52. The molecule has 8 nitrogen and oxygen atoms in total. The van der Waals surface area contributed by atoms with Gasteiger partial charge in [-0.05, 0) is 73.5 Å². The van der Waals surface area contributed by atoms with Gasteiger partial charge in [0.1, 0.15) is 22.6 Å². The molecule has 14 heteroatoms. The van der Waals surface area contributed by atoms with Crippen LogP contribution in [0.3, 0.4) is 0 Å². The monoisotopic (exact) mass is 746 g/mol. The Kier molecular flexibility index (Phi) is 6.73. The first kappa shape index (κ1) is 30.1. The summed E-state index contributed by atoms with van der Waals surface area (Å²) >= 11 is 39.1. The van der Waals surface area contributed by atoms with Crippen molar-refractivity contribution in [1.82, 2.24) is 39.9 Å². The van der Waals surface area contributed by atoms with Crippen molar-refractivity contribution in [3.63, 3.8) is 0 Å². The quantitative estimate of drug-likeness (QED) is 0.160. The van der Waals surface area contributed by atoms with Crippen LogP contribution in [0.5, 0.6) is 0 Å². The van der Waals surface area contributed by atoms with Crippen molar-refractivity contribution < 1.29 is 0 Å². The lowest BCUT2D eigenvalue weighted by Gasteiger charge is -2.04. The summed E-state index contributed by atoms with van der Waals surface area (Å²) < 4.78 is 0. The summed E-state index contributed by atoms with van der Waals surface area (Å²) in [6.45, 7) is 4.09. The predicted molar refractivity (Wildman–Crippen MR) is 196 cm³/mol. The van der Waals surface area contributed by atoms with E-state index in [4.69, 9.17) is 99.5 Å². The third-order valence-electron chi connectivity index (χ3n) is 8.57. The second kappa shape index (κ2) is 10.7. The maximum absolute atomic E-state index is 6.52. The fraction of sp³-hybridized carbons (Fsp3) is 0.0588. The van der Waals surface area contributed by atoms with E-state index in [1.165, 1.54) is 0 Å². The van der Waals surface area contributed by atoms with Crippen LogP contribution < -0.4 is 0 Å². The highest BCUT2D eigenvalue weighted by Gasteiger charge is 2.24. The molecule has 2 aliphatic rings. The number of aromatic amines is 2. The number of nitrogens with one attached hydrogen (secondary N) is 2. The Morgan fingerprint density at radius 1 is 0.354 bits per heavy atom. The normalized spacial score (nSPS) is 12.2. The minimum Gasteiger partial charge on any atom is -0.324 e. The van der Waals surface area contributed by atoms with Crippen LogP contribution in [0.2, 0.25) is 30.1 Å². The zero-order valence-corrected chi connectivity index (χ0v) is 29.1. The van der Waals surface area contributed by atoms with Gasteiger partial charge >= 0.3 is 0 Å². The molecule has 9 rings (SSSR count). The van der Waals surface area contributed by atoms with Gasteiger partial charge in [-0.1, -0.05) is 69.6 Å². The third-order valence-corrected chi connectivity index (χ3v) is 10.7. The van der Waals surface area contributed by atoms with Crippen LogP contribution in [-0.4, -0.2) is 39.9 Å². The molecule has 48 heavy (non-hydrogen) atoms. The number of rotatable bonds is 0. The first-order valence-corrected chi connectivity index (χ1v) is 16.7. The Morgan fingerprint density at radius 3 is 0.896 bits per heavy atom. The molecular formula is C34H16Cl6N8. The van der Waals surface area contributed by atoms with Crippen molar-refractivity contribution in [3.05, 3.63) is 89.8 Å². The fourth-order valence-electron chi connectivity index (χ4n) is 6.03. The number of aromatic nitrogens is 8. The molecule has 5 heterocycles. The highest BCUT2D eigenvalue weighted by molar-refractivity contribution is 6.44. The first-order chi connectivity index (χ1) is 23.0. The number of fused-ring (bicyclic) bond motifs is 20. The van der Waals surface area contributed by atoms with E-state index < -0.39 is 0 Å². The van der Waals surface area contributed by atoms with E-state index in [1.54, 1.807) is 36.4 Å². The van der Waals surface area contributed by atoms with Gasteiger partial charge in [0.25, 0.3) is 0 Å². The number of H-pyrrole nitrogens is 2.